The maximum Gasteiger partial charge on any atom is 0.138 e. The molecule has 0 saturated heterocycles. The van der Waals surface area contributed by atoms with E-state index in [4.69, 9.17) is 0 Å². The summed E-state index contributed by atoms with van der Waals surface area (Å²) in [7, 11) is 0. The molecule has 2 heterocycles. The number of rotatable bonds is 5. The van der Waals surface area contributed by atoms with Crippen LogP contribution in [0.1, 0.15) is 49.6 Å². The third kappa shape index (κ3) is 3.51. The van der Waals surface area contributed by atoms with E-state index < -0.39 is 6.10 Å². The standard InChI is InChI=1S/C20H24N4O/c25-19(17-7-3-1-4-8-17)20-21-11-12-23(20)14-16-13-22-24(15-16)18-9-5-2-6-10-18/h2,5-6,9-13,15,17,19,25H,1,3-4,7-8,14H2. The van der Waals surface area contributed by atoms with E-state index in [1.807, 2.05) is 58.2 Å². The van der Waals surface area contributed by atoms with Crippen molar-refractivity contribution >= 4 is 0 Å². The zero-order chi connectivity index (χ0) is 17.1. The zero-order valence-electron chi connectivity index (χ0n) is 14.3. The van der Waals surface area contributed by atoms with E-state index in [1.54, 1.807) is 6.20 Å². The minimum atomic E-state index is -0.473. The molecule has 1 atom stereocenters. The van der Waals surface area contributed by atoms with Gasteiger partial charge in [0.2, 0.25) is 0 Å². The largest absolute Gasteiger partial charge is 0.385 e. The van der Waals surface area contributed by atoms with Gasteiger partial charge in [-0.1, -0.05) is 37.5 Å². The normalized spacial score (nSPS) is 16.8. The third-order valence-electron chi connectivity index (χ3n) is 5.12. The number of imidazole rings is 1. The first-order valence-corrected chi connectivity index (χ1v) is 9.09. The van der Waals surface area contributed by atoms with E-state index in [0.717, 1.165) is 29.9 Å². The summed E-state index contributed by atoms with van der Waals surface area (Å²) in [4.78, 5) is 4.44. The number of hydrogen-bond acceptors (Lipinski definition) is 3. The van der Waals surface area contributed by atoms with Gasteiger partial charge in [0.25, 0.3) is 0 Å². The van der Waals surface area contributed by atoms with E-state index in [1.165, 1.54) is 19.3 Å². The summed E-state index contributed by atoms with van der Waals surface area (Å²) in [5, 5.41) is 15.2. The van der Waals surface area contributed by atoms with E-state index in [2.05, 4.69) is 10.1 Å². The summed E-state index contributed by atoms with van der Waals surface area (Å²) in [6.07, 6.45) is 13.1. The van der Waals surface area contributed by atoms with Gasteiger partial charge in [-0.2, -0.15) is 5.10 Å². The molecule has 1 N–H and O–H groups in total. The molecule has 5 nitrogen and oxygen atoms in total. The van der Waals surface area contributed by atoms with Crippen LogP contribution in [0.4, 0.5) is 0 Å². The molecule has 0 bridgehead atoms. The fourth-order valence-corrected chi connectivity index (χ4v) is 3.74. The van der Waals surface area contributed by atoms with Crippen LogP contribution in [0.5, 0.6) is 0 Å². The van der Waals surface area contributed by atoms with Crippen LogP contribution < -0.4 is 0 Å². The highest BCUT2D eigenvalue weighted by Crippen LogP contribution is 2.33. The molecule has 1 saturated carbocycles. The lowest BCUT2D eigenvalue weighted by Gasteiger charge is -2.26. The molecular weight excluding hydrogens is 312 g/mol. The smallest absolute Gasteiger partial charge is 0.138 e. The van der Waals surface area contributed by atoms with Crippen molar-refractivity contribution in [3.05, 3.63) is 66.5 Å². The third-order valence-corrected chi connectivity index (χ3v) is 5.12. The van der Waals surface area contributed by atoms with Crippen molar-refractivity contribution in [3.63, 3.8) is 0 Å². The molecule has 25 heavy (non-hydrogen) atoms. The average molecular weight is 336 g/mol. The number of benzene rings is 1. The number of nitrogens with zero attached hydrogens (tertiary/aromatic N) is 4. The van der Waals surface area contributed by atoms with Crippen LogP contribution in [-0.4, -0.2) is 24.4 Å². The molecule has 0 amide bonds. The van der Waals surface area contributed by atoms with Crippen molar-refractivity contribution in [3.8, 4) is 5.69 Å². The number of para-hydroxylation sites is 1. The van der Waals surface area contributed by atoms with Crippen molar-refractivity contribution in [2.75, 3.05) is 0 Å². The van der Waals surface area contributed by atoms with Crippen LogP contribution in [-0.2, 0) is 6.54 Å². The second kappa shape index (κ2) is 7.23. The number of aromatic nitrogens is 4. The van der Waals surface area contributed by atoms with Gasteiger partial charge in [-0.25, -0.2) is 9.67 Å². The Labute approximate surface area is 147 Å². The van der Waals surface area contributed by atoms with Gasteiger partial charge in [0, 0.05) is 24.2 Å². The Morgan fingerprint density at radius 1 is 1.12 bits per heavy atom. The lowest BCUT2D eigenvalue weighted by atomic mass is 9.85. The Hall–Kier alpha value is -2.40. The van der Waals surface area contributed by atoms with Gasteiger partial charge in [0.1, 0.15) is 11.9 Å². The second-order valence-electron chi connectivity index (χ2n) is 6.88. The van der Waals surface area contributed by atoms with E-state index in [0.29, 0.717) is 12.5 Å². The zero-order valence-corrected chi connectivity index (χ0v) is 14.3. The molecular formula is C20H24N4O. The monoisotopic (exact) mass is 336 g/mol. The molecule has 2 aromatic heterocycles. The molecule has 1 fully saturated rings. The van der Waals surface area contributed by atoms with Gasteiger partial charge in [0.05, 0.1) is 18.4 Å². The first kappa shape index (κ1) is 16.1. The molecule has 3 aromatic rings. The van der Waals surface area contributed by atoms with Crippen LogP contribution in [0.2, 0.25) is 0 Å². The summed E-state index contributed by atoms with van der Waals surface area (Å²) < 4.78 is 3.93. The van der Waals surface area contributed by atoms with Crippen molar-refractivity contribution in [2.45, 2.75) is 44.8 Å². The predicted octanol–water partition coefficient (Wildman–Crippen LogP) is 3.73. The van der Waals surface area contributed by atoms with Gasteiger partial charge in [-0.15, -0.1) is 0 Å². The summed E-state index contributed by atoms with van der Waals surface area (Å²) in [5.41, 5.74) is 2.14. The second-order valence-corrected chi connectivity index (χ2v) is 6.88. The van der Waals surface area contributed by atoms with Crippen LogP contribution in [0.15, 0.2) is 55.1 Å². The van der Waals surface area contributed by atoms with Crippen LogP contribution in [0, 0.1) is 5.92 Å². The lowest BCUT2D eigenvalue weighted by Crippen LogP contribution is -2.20. The van der Waals surface area contributed by atoms with Gasteiger partial charge >= 0.3 is 0 Å². The quantitative estimate of drug-likeness (QED) is 0.772. The molecule has 1 aliphatic rings. The first-order chi connectivity index (χ1) is 12.3. The highest BCUT2D eigenvalue weighted by Gasteiger charge is 2.26. The molecule has 1 unspecified atom stereocenters. The van der Waals surface area contributed by atoms with E-state index in [-0.39, 0.29) is 0 Å². The molecule has 1 aromatic carbocycles. The highest BCUT2D eigenvalue weighted by atomic mass is 16.3. The first-order valence-electron chi connectivity index (χ1n) is 9.09. The molecule has 4 rings (SSSR count). The summed E-state index contributed by atoms with van der Waals surface area (Å²) in [6, 6.07) is 10.1. The Morgan fingerprint density at radius 2 is 1.92 bits per heavy atom. The molecule has 0 spiro atoms. The van der Waals surface area contributed by atoms with Gasteiger partial charge in [0.15, 0.2) is 0 Å². The Kier molecular flexibility index (Phi) is 4.65. The molecule has 0 aliphatic heterocycles. The fourth-order valence-electron chi connectivity index (χ4n) is 3.74. The number of hydrogen-bond donors (Lipinski definition) is 1. The predicted molar refractivity (Wildman–Crippen MR) is 96.4 cm³/mol. The molecule has 130 valence electrons. The lowest BCUT2D eigenvalue weighted by molar-refractivity contribution is 0.0743. The fraction of sp³-hybridized carbons (Fsp3) is 0.400. The number of aliphatic hydroxyl groups excluding tert-OH is 1. The molecule has 5 heteroatoms. The van der Waals surface area contributed by atoms with Crippen molar-refractivity contribution in [1.82, 2.24) is 19.3 Å². The topological polar surface area (TPSA) is 55.9 Å². The summed E-state index contributed by atoms with van der Waals surface area (Å²) >= 11 is 0. The summed E-state index contributed by atoms with van der Waals surface area (Å²) in [5.74, 6) is 1.11. The molecule has 0 radical (unpaired) electrons. The van der Waals surface area contributed by atoms with Gasteiger partial charge < -0.3 is 9.67 Å². The van der Waals surface area contributed by atoms with Crippen molar-refractivity contribution in [2.24, 2.45) is 5.92 Å². The minimum Gasteiger partial charge on any atom is -0.385 e. The average Bonchev–Trinajstić information content (AvgIpc) is 3.33. The highest BCUT2D eigenvalue weighted by molar-refractivity contribution is 5.31. The maximum atomic E-state index is 10.8. The van der Waals surface area contributed by atoms with E-state index in [9.17, 15) is 5.11 Å². The Balaban J connectivity index is 1.50. The molecule has 1 aliphatic carbocycles. The van der Waals surface area contributed by atoms with Crippen LogP contribution >= 0.6 is 0 Å². The van der Waals surface area contributed by atoms with Gasteiger partial charge in [-0.3, -0.25) is 0 Å². The van der Waals surface area contributed by atoms with Crippen LogP contribution in [0.25, 0.3) is 5.69 Å². The minimum absolute atomic E-state index is 0.335. The van der Waals surface area contributed by atoms with Crippen molar-refractivity contribution < 1.29 is 5.11 Å². The number of aliphatic hydroxyl groups is 1. The Bertz CT molecular complexity index is 802. The SMILES string of the molecule is OC(c1nccn1Cc1cnn(-c2ccccc2)c1)C1CCCCC1. The Morgan fingerprint density at radius 3 is 2.72 bits per heavy atom. The van der Waals surface area contributed by atoms with Gasteiger partial charge in [-0.05, 0) is 30.9 Å². The summed E-state index contributed by atoms with van der Waals surface area (Å²) in [6.45, 7) is 0.673. The maximum absolute atomic E-state index is 10.8. The van der Waals surface area contributed by atoms with Crippen LogP contribution in [0.3, 0.4) is 0 Å². The van der Waals surface area contributed by atoms with E-state index >= 15 is 0 Å². The van der Waals surface area contributed by atoms with Crippen molar-refractivity contribution in [1.29, 1.82) is 0 Å².